The molecule has 0 spiro atoms. The van der Waals surface area contributed by atoms with Crippen LogP contribution in [0.1, 0.15) is 36.1 Å². The number of fused-ring (bicyclic) bond motifs is 1. The molecule has 2 aliphatic carbocycles. The van der Waals surface area contributed by atoms with Gasteiger partial charge in [0.1, 0.15) is 6.73 Å². The molecule has 23 heavy (non-hydrogen) atoms. The van der Waals surface area contributed by atoms with Gasteiger partial charge in [-0.05, 0) is 37.7 Å². The molecule has 2 N–H and O–H groups in total. The number of nitrogens with zero attached hydrogens (tertiary/aromatic N) is 1. The van der Waals surface area contributed by atoms with Crippen molar-refractivity contribution in [2.45, 2.75) is 57.5 Å². The van der Waals surface area contributed by atoms with Crippen molar-refractivity contribution in [1.29, 1.82) is 0 Å². The molecule has 1 atom stereocenters. The van der Waals surface area contributed by atoms with Gasteiger partial charge in [-0.1, -0.05) is 30.3 Å². The lowest BCUT2D eigenvalue weighted by Crippen LogP contribution is -2.37. The molecule has 1 aromatic carbocycles. The van der Waals surface area contributed by atoms with Crippen molar-refractivity contribution in [2.24, 2.45) is 0 Å². The van der Waals surface area contributed by atoms with Crippen LogP contribution in [0.2, 0.25) is 0 Å². The molecule has 0 bridgehead atoms. The molecule has 122 valence electrons. The number of aromatic amines is 1. The Morgan fingerprint density at radius 2 is 2.00 bits per heavy atom. The van der Waals surface area contributed by atoms with E-state index in [2.05, 4.69) is 10.4 Å². The summed E-state index contributed by atoms with van der Waals surface area (Å²) >= 11 is 0. The lowest BCUT2D eigenvalue weighted by atomic mass is 9.93. The number of nitrogens with one attached hydrogen (secondary N) is 2. The van der Waals surface area contributed by atoms with Gasteiger partial charge < -0.3 is 10.1 Å². The average molecular weight is 313 g/mol. The summed E-state index contributed by atoms with van der Waals surface area (Å²) in [6.45, 7) is 0.960. The van der Waals surface area contributed by atoms with Crippen LogP contribution in [0.15, 0.2) is 35.1 Å². The Bertz CT molecular complexity index is 716. The fraction of sp³-hybridized carbons (Fsp3) is 0.500. The highest BCUT2D eigenvalue weighted by atomic mass is 16.5. The maximum absolute atomic E-state index is 12.2. The fourth-order valence-corrected chi connectivity index (χ4v) is 3.37. The van der Waals surface area contributed by atoms with E-state index in [0.29, 0.717) is 25.4 Å². The second-order valence-corrected chi connectivity index (χ2v) is 6.64. The van der Waals surface area contributed by atoms with Crippen molar-refractivity contribution in [2.75, 3.05) is 0 Å². The summed E-state index contributed by atoms with van der Waals surface area (Å²) in [5.41, 5.74) is 3.25. The molecule has 2 aromatic rings. The molecule has 1 heterocycles. The largest absolute Gasteiger partial charge is 0.355 e. The molecule has 5 heteroatoms. The highest BCUT2D eigenvalue weighted by molar-refractivity contribution is 5.23. The van der Waals surface area contributed by atoms with Gasteiger partial charge in [-0.3, -0.25) is 14.6 Å². The number of benzene rings is 1. The molecule has 0 aliphatic heterocycles. The van der Waals surface area contributed by atoms with Crippen molar-refractivity contribution in [3.05, 3.63) is 57.5 Å². The Hall–Kier alpha value is -1.85. The zero-order valence-electron chi connectivity index (χ0n) is 13.3. The van der Waals surface area contributed by atoms with Gasteiger partial charge in [0.2, 0.25) is 0 Å². The summed E-state index contributed by atoms with van der Waals surface area (Å²) in [5, 5.41) is 6.58. The van der Waals surface area contributed by atoms with Crippen LogP contribution >= 0.6 is 0 Å². The highest BCUT2D eigenvalue weighted by Crippen LogP contribution is 2.24. The topological polar surface area (TPSA) is 59.0 Å². The third-order valence-electron chi connectivity index (χ3n) is 4.75. The molecule has 0 radical (unpaired) electrons. The lowest BCUT2D eigenvalue weighted by molar-refractivity contribution is 0.0536. The second-order valence-electron chi connectivity index (χ2n) is 6.64. The van der Waals surface area contributed by atoms with E-state index >= 15 is 0 Å². The van der Waals surface area contributed by atoms with Gasteiger partial charge in [-0.2, -0.15) is 0 Å². The van der Waals surface area contributed by atoms with Gasteiger partial charge in [0.15, 0.2) is 0 Å². The fourth-order valence-electron chi connectivity index (χ4n) is 3.37. The zero-order chi connectivity index (χ0) is 15.6. The first-order valence-electron chi connectivity index (χ1n) is 8.48. The number of aromatic nitrogens is 2. The number of hydrogen-bond acceptors (Lipinski definition) is 3. The first-order chi connectivity index (χ1) is 11.3. The minimum Gasteiger partial charge on any atom is -0.355 e. The number of rotatable bonds is 6. The van der Waals surface area contributed by atoms with Crippen molar-refractivity contribution in [3.8, 4) is 0 Å². The van der Waals surface area contributed by atoms with Gasteiger partial charge in [0, 0.05) is 23.3 Å². The summed E-state index contributed by atoms with van der Waals surface area (Å²) in [6.07, 6.45) is 5.45. The monoisotopic (exact) mass is 313 g/mol. The van der Waals surface area contributed by atoms with E-state index in [0.717, 1.165) is 36.1 Å². The molecule has 4 rings (SSSR count). The molecular weight excluding hydrogens is 290 g/mol. The van der Waals surface area contributed by atoms with Crippen LogP contribution in [0.25, 0.3) is 0 Å². The maximum atomic E-state index is 12.2. The Labute approximate surface area is 135 Å². The zero-order valence-corrected chi connectivity index (χ0v) is 13.3. The maximum Gasteiger partial charge on any atom is 0.267 e. The first-order valence-corrected chi connectivity index (χ1v) is 8.48. The van der Waals surface area contributed by atoms with Gasteiger partial charge in [0.25, 0.3) is 5.56 Å². The Morgan fingerprint density at radius 3 is 2.78 bits per heavy atom. The number of H-pyrrole nitrogens is 1. The van der Waals surface area contributed by atoms with Gasteiger partial charge in [-0.25, -0.2) is 0 Å². The summed E-state index contributed by atoms with van der Waals surface area (Å²) < 4.78 is 7.65. The summed E-state index contributed by atoms with van der Waals surface area (Å²) in [4.78, 5) is 12.2. The van der Waals surface area contributed by atoms with E-state index in [1.54, 1.807) is 0 Å². The van der Waals surface area contributed by atoms with Crippen LogP contribution in [0.5, 0.6) is 0 Å². The summed E-state index contributed by atoms with van der Waals surface area (Å²) in [5.74, 6) is 0. The second kappa shape index (κ2) is 6.34. The van der Waals surface area contributed by atoms with Crippen LogP contribution in [-0.2, 0) is 30.9 Å². The lowest BCUT2D eigenvalue weighted by Gasteiger charge is -2.23. The normalized spacial score (nSPS) is 20.4. The van der Waals surface area contributed by atoms with Crippen molar-refractivity contribution in [1.82, 2.24) is 15.1 Å². The molecule has 2 aliphatic rings. The quantitative estimate of drug-likeness (QED) is 0.857. The van der Waals surface area contributed by atoms with Crippen LogP contribution in [0.4, 0.5) is 0 Å². The minimum atomic E-state index is 0.0469. The first kappa shape index (κ1) is 14.7. The number of ether oxygens (including phenoxy) is 1. The Balaban J connectivity index is 1.39. The molecule has 1 unspecified atom stereocenters. The Morgan fingerprint density at radius 1 is 1.17 bits per heavy atom. The third-order valence-corrected chi connectivity index (χ3v) is 4.75. The van der Waals surface area contributed by atoms with E-state index < -0.39 is 0 Å². The van der Waals surface area contributed by atoms with Crippen LogP contribution in [0.3, 0.4) is 0 Å². The van der Waals surface area contributed by atoms with Crippen molar-refractivity contribution in [3.63, 3.8) is 0 Å². The highest BCUT2D eigenvalue weighted by Gasteiger charge is 2.29. The average Bonchev–Trinajstić information content (AvgIpc) is 3.33. The SMILES string of the molecule is O=c1[nH]n(COCc2ccccc2)c2c1CC(NC1CC1)CC2. The molecule has 0 saturated heterocycles. The predicted molar refractivity (Wildman–Crippen MR) is 88.3 cm³/mol. The summed E-state index contributed by atoms with van der Waals surface area (Å²) in [7, 11) is 0. The number of hydrogen-bond donors (Lipinski definition) is 2. The van der Waals surface area contributed by atoms with Crippen LogP contribution < -0.4 is 10.9 Å². The minimum absolute atomic E-state index is 0.0469. The molecule has 1 aromatic heterocycles. The standard InChI is InChI=1S/C18H23N3O2/c22-18-16-10-15(19-14-6-7-14)8-9-17(16)21(20-18)12-23-11-13-4-2-1-3-5-13/h1-5,14-15,19H,6-12H2,(H,20,22). The molecular formula is C18H23N3O2. The Kier molecular flexibility index (Phi) is 4.06. The van der Waals surface area contributed by atoms with E-state index in [1.165, 1.54) is 12.8 Å². The van der Waals surface area contributed by atoms with Gasteiger partial charge in [0.05, 0.1) is 6.61 Å². The predicted octanol–water partition coefficient (Wildman–Crippen LogP) is 1.96. The molecule has 5 nitrogen and oxygen atoms in total. The van der Waals surface area contributed by atoms with Crippen molar-refractivity contribution < 1.29 is 4.74 Å². The smallest absolute Gasteiger partial charge is 0.267 e. The van der Waals surface area contributed by atoms with Crippen molar-refractivity contribution >= 4 is 0 Å². The van der Waals surface area contributed by atoms with E-state index in [9.17, 15) is 4.79 Å². The van der Waals surface area contributed by atoms with Gasteiger partial charge in [-0.15, -0.1) is 0 Å². The van der Waals surface area contributed by atoms with E-state index in [4.69, 9.17) is 4.74 Å². The van der Waals surface area contributed by atoms with E-state index in [-0.39, 0.29) is 5.56 Å². The third kappa shape index (κ3) is 3.41. The summed E-state index contributed by atoms with van der Waals surface area (Å²) in [6, 6.07) is 11.2. The van der Waals surface area contributed by atoms with Gasteiger partial charge >= 0.3 is 0 Å². The van der Waals surface area contributed by atoms with Crippen LogP contribution in [-0.4, -0.2) is 21.9 Å². The molecule has 1 fully saturated rings. The molecule has 1 saturated carbocycles. The van der Waals surface area contributed by atoms with E-state index in [1.807, 2.05) is 35.0 Å². The van der Waals surface area contributed by atoms with Crippen LogP contribution in [0, 0.1) is 0 Å². The molecule has 0 amide bonds.